The molecular weight excluding hydrogens is 420 g/mol. The maximum atomic E-state index is 12.7. The Morgan fingerprint density at radius 3 is 2.69 bits per heavy atom. The molecule has 29 heavy (non-hydrogen) atoms. The van der Waals surface area contributed by atoms with Crippen molar-refractivity contribution >= 4 is 44.9 Å². The molecule has 2 aromatic carbocycles. The Hall–Kier alpha value is -2.78. The summed E-state index contributed by atoms with van der Waals surface area (Å²) in [5.41, 5.74) is 0.782. The number of amides is 1. The van der Waals surface area contributed by atoms with Gasteiger partial charge in [0.1, 0.15) is 5.75 Å². The van der Waals surface area contributed by atoms with E-state index in [1.807, 2.05) is 0 Å². The lowest BCUT2D eigenvalue weighted by Gasteiger charge is -2.33. The normalized spacial score (nSPS) is 15.8. The molecule has 0 aliphatic carbocycles. The zero-order chi connectivity index (χ0) is 21.2. The number of sulfonamides is 1. The maximum absolute atomic E-state index is 12.7. The number of halogens is 1. The zero-order valence-corrected chi connectivity index (χ0v) is 17.3. The van der Waals surface area contributed by atoms with Crippen LogP contribution in [0.2, 0.25) is 5.02 Å². The predicted molar refractivity (Wildman–Crippen MR) is 109 cm³/mol. The van der Waals surface area contributed by atoms with Crippen LogP contribution in [-0.2, 0) is 19.6 Å². The molecule has 0 unspecified atom stereocenters. The van der Waals surface area contributed by atoms with Gasteiger partial charge < -0.3 is 14.8 Å². The van der Waals surface area contributed by atoms with E-state index in [-0.39, 0.29) is 29.5 Å². The van der Waals surface area contributed by atoms with Gasteiger partial charge in [-0.15, -0.1) is 0 Å². The second kappa shape index (κ2) is 8.30. The minimum Gasteiger partial charge on any atom is -0.476 e. The van der Waals surface area contributed by atoms with Crippen LogP contribution in [0.15, 0.2) is 42.5 Å². The molecular formula is C19H19ClN2O6S. The van der Waals surface area contributed by atoms with E-state index in [9.17, 15) is 18.0 Å². The fourth-order valence-corrected chi connectivity index (χ4v) is 3.95. The summed E-state index contributed by atoms with van der Waals surface area (Å²) in [5, 5.41) is 2.81. The topological polar surface area (TPSA) is 102 Å². The summed E-state index contributed by atoms with van der Waals surface area (Å²) in [5.74, 6) is -0.891. The number of fused-ring (bicyclic) bond motifs is 1. The number of nitrogens with zero attached hydrogens (tertiary/aromatic N) is 1. The van der Waals surface area contributed by atoms with Crippen LogP contribution >= 0.6 is 11.6 Å². The van der Waals surface area contributed by atoms with Crippen molar-refractivity contribution in [2.75, 3.05) is 29.0 Å². The quantitative estimate of drug-likeness (QED) is 0.720. The van der Waals surface area contributed by atoms with Crippen molar-refractivity contribution in [1.82, 2.24) is 0 Å². The summed E-state index contributed by atoms with van der Waals surface area (Å²) in [4.78, 5) is 24.7. The third-order valence-electron chi connectivity index (χ3n) is 4.16. The Labute approximate surface area is 173 Å². The third-order valence-corrected chi connectivity index (χ3v) is 5.63. The molecule has 2 aromatic rings. The molecule has 1 amide bonds. The largest absolute Gasteiger partial charge is 0.476 e. The highest BCUT2D eigenvalue weighted by Gasteiger charge is 2.35. The van der Waals surface area contributed by atoms with E-state index >= 15 is 0 Å². The van der Waals surface area contributed by atoms with Gasteiger partial charge in [0.25, 0.3) is 5.91 Å². The van der Waals surface area contributed by atoms with E-state index in [0.717, 1.165) is 10.6 Å². The highest BCUT2D eigenvalue weighted by atomic mass is 35.5. The molecule has 0 fully saturated rings. The molecule has 0 aromatic heterocycles. The first-order chi connectivity index (χ1) is 13.7. The standard InChI is InChI=1S/C19H19ClN2O6S/c1-3-27-19(24)13-10-12(8-9-14(13)20)21-18(23)17-11-22(29(2,25)26)15-6-4-5-7-16(15)28-17/h4-10,17H,3,11H2,1-2H3,(H,21,23)/t17-/m0/s1. The second-order valence-electron chi connectivity index (χ2n) is 6.27. The van der Waals surface area contributed by atoms with Crippen molar-refractivity contribution in [3.63, 3.8) is 0 Å². The third kappa shape index (κ3) is 4.63. The van der Waals surface area contributed by atoms with Crippen LogP contribution in [0.5, 0.6) is 5.75 Å². The molecule has 0 bridgehead atoms. The summed E-state index contributed by atoms with van der Waals surface area (Å²) >= 11 is 6.03. The zero-order valence-electron chi connectivity index (χ0n) is 15.7. The number of carbonyl (C=O) groups excluding carboxylic acids is 2. The van der Waals surface area contributed by atoms with E-state index in [4.69, 9.17) is 21.1 Å². The van der Waals surface area contributed by atoms with Crippen LogP contribution < -0.4 is 14.4 Å². The minimum absolute atomic E-state index is 0.110. The van der Waals surface area contributed by atoms with Gasteiger partial charge in [0.2, 0.25) is 10.0 Å². The van der Waals surface area contributed by atoms with Gasteiger partial charge in [-0.05, 0) is 37.3 Å². The molecule has 10 heteroatoms. The summed E-state index contributed by atoms with van der Waals surface area (Å²) in [6, 6.07) is 10.9. The van der Waals surface area contributed by atoms with Gasteiger partial charge in [-0.25, -0.2) is 13.2 Å². The highest BCUT2D eigenvalue weighted by Crippen LogP contribution is 2.34. The fraction of sp³-hybridized carbons (Fsp3) is 0.263. The Morgan fingerprint density at radius 1 is 1.28 bits per heavy atom. The number of rotatable bonds is 5. The van der Waals surface area contributed by atoms with E-state index in [0.29, 0.717) is 11.4 Å². The first-order valence-electron chi connectivity index (χ1n) is 8.71. The lowest BCUT2D eigenvalue weighted by Crippen LogP contribution is -2.48. The van der Waals surface area contributed by atoms with E-state index in [2.05, 4.69) is 5.32 Å². The number of anilines is 2. The lowest BCUT2D eigenvalue weighted by molar-refractivity contribution is -0.122. The minimum atomic E-state index is -3.61. The molecule has 154 valence electrons. The summed E-state index contributed by atoms with van der Waals surface area (Å²) in [6.07, 6.45) is -0.0177. The molecule has 1 aliphatic rings. The molecule has 0 saturated carbocycles. The number of hydrogen-bond donors (Lipinski definition) is 1. The molecule has 1 atom stereocenters. The van der Waals surface area contributed by atoms with Crippen molar-refractivity contribution in [3.8, 4) is 5.75 Å². The molecule has 1 heterocycles. The Kier molecular flexibility index (Phi) is 5.99. The molecule has 0 radical (unpaired) electrons. The van der Waals surface area contributed by atoms with Crippen molar-refractivity contribution in [1.29, 1.82) is 0 Å². The Balaban J connectivity index is 1.83. The Morgan fingerprint density at radius 2 is 2.00 bits per heavy atom. The van der Waals surface area contributed by atoms with Crippen LogP contribution in [0.4, 0.5) is 11.4 Å². The smallest absolute Gasteiger partial charge is 0.339 e. The van der Waals surface area contributed by atoms with E-state index < -0.39 is 28.0 Å². The van der Waals surface area contributed by atoms with Gasteiger partial charge in [0, 0.05) is 5.69 Å². The lowest BCUT2D eigenvalue weighted by atomic mass is 10.2. The van der Waals surface area contributed by atoms with Crippen LogP contribution in [0.1, 0.15) is 17.3 Å². The average molecular weight is 439 g/mol. The molecule has 1 aliphatic heterocycles. The van der Waals surface area contributed by atoms with Crippen molar-refractivity contribution in [2.24, 2.45) is 0 Å². The Bertz CT molecular complexity index is 1060. The monoisotopic (exact) mass is 438 g/mol. The molecule has 1 N–H and O–H groups in total. The summed E-state index contributed by atoms with van der Waals surface area (Å²) < 4.78 is 36.1. The number of benzene rings is 2. The maximum Gasteiger partial charge on any atom is 0.339 e. The van der Waals surface area contributed by atoms with Crippen LogP contribution in [0.25, 0.3) is 0 Å². The second-order valence-corrected chi connectivity index (χ2v) is 8.59. The van der Waals surface area contributed by atoms with E-state index in [1.165, 1.54) is 18.2 Å². The van der Waals surface area contributed by atoms with Crippen molar-refractivity contribution in [3.05, 3.63) is 53.1 Å². The average Bonchev–Trinajstić information content (AvgIpc) is 2.68. The molecule has 0 spiro atoms. The van der Waals surface area contributed by atoms with Crippen LogP contribution in [-0.4, -0.2) is 45.8 Å². The number of ether oxygens (including phenoxy) is 2. The summed E-state index contributed by atoms with van der Waals surface area (Å²) in [7, 11) is -3.61. The van der Waals surface area contributed by atoms with Crippen molar-refractivity contribution < 1.29 is 27.5 Å². The van der Waals surface area contributed by atoms with Gasteiger partial charge in [0.15, 0.2) is 6.10 Å². The molecule has 3 rings (SSSR count). The molecule has 8 nitrogen and oxygen atoms in total. The number of hydrogen-bond acceptors (Lipinski definition) is 6. The van der Waals surface area contributed by atoms with Crippen LogP contribution in [0.3, 0.4) is 0 Å². The molecule has 0 saturated heterocycles. The van der Waals surface area contributed by atoms with Gasteiger partial charge in [0.05, 0.1) is 35.7 Å². The summed E-state index contributed by atoms with van der Waals surface area (Å²) in [6.45, 7) is 1.67. The van der Waals surface area contributed by atoms with Gasteiger partial charge in [-0.1, -0.05) is 23.7 Å². The highest BCUT2D eigenvalue weighted by molar-refractivity contribution is 7.92. The van der Waals surface area contributed by atoms with Gasteiger partial charge in [-0.2, -0.15) is 0 Å². The van der Waals surface area contributed by atoms with Gasteiger partial charge >= 0.3 is 5.97 Å². The number of nitrogens with one attached hydrogen (secondary N) is 1. The SMILES string of the molecule is CCOC(=O)c1cc(NC(=O)[C@@H]2CN(S(C)(=O)=O)c3ccccc3O2)ccc1Cl. The number of para-hydroxylation sites is 2. The predicted octanol–water partition coefficient (Wildman–Crippen LogP) is 2.68. The van der Waals surface area contributed by atoms with E-state index in [1.54, 1.807) is 31.2 Å². The van der Waals surface area contributed by atoms with Crippen LogP contribution in [0, 0.1) is 0 Å². The number of esters is 1. The van der Waals surface area contributed by atoms with Crippen molar-refractivity contribution in [2.45, 2.75) is 13.0 Å². The first-order valence-corrected chi connectivity index (χ1v) is 10.9. The first kappa shape index (κ1) is 20.9. The fourth-order valence-electron chi connectivity index (χ4n) is 2.84. The number of carbonyl (C=O) groups is 2. The van der Waals surface area contributed by atoms with Gasteiger partial charge in [-0.3, -0.25) is 9.10 Å².